The third-order valence-corrected chi connectivity index (χ3v) is 4.15. The fourth-order valence-corrected chi connectivity index (χ4v) is 2.77. The predicted octanol–water partition coefficient (Wildman–Crippen LogP) is 3.92. The van der Waals surface area contributed by atoms with Crippen LogP contribution in [-0.2, 0) is 0 Å². The van der Waals surface area contributed by atoms with Crippen molar-refractivity contribution in [2.45, 2.75) is 39.7 Å². The van der Waals surface area contributed by atoms with Crippen LogP contribution < -0.4 is 10.1 Å². The van der Waals surface area contributed by atoms with Gasteiger partial charge in [0.15, 0.2) is 11.6 Å². The second-order valence-electron chi connectivity index (χ2n) is 6.09. The number of hydrogen-bond donors (Lipinski definition) is 1. The standard InChI is InChI=1S/C16H24FNO/c1-5-9-18-15(12-10-16(12,2)3)11-7-6-8-13(19-4)14(11)17/h6-8,12,15,18H,5,9-10H2,1-4H3. The Morgan fingerprint density at radius 1 is 1.47 bits per heavy atom. The van der Waals surface area contributed by atoms with Crippen LogP contribution in [0.1, 0.15) is 45.2 Å². The van der Waals surface area contributed by atoms with Crippen LogP contribution in [0, 0.1) is 17.2 Å². The molecule has 1 aromatic rings. The molecule has 1 aliphatic rings. The Kier molecular flexibility index (Phi) is 4.14. The average Bonchev–Trinajstić information content (AvgIpc) is 3.00. The van der Waals surface area contributed by atoms with Gasteiger partial charge in [-0.3, -0.25) is 0 Å². The normalized spacial score (nSPS) is 22.1. The van der Waals surface area contributed by atoms with Gasteiger partial charge in [0.1, 0.15) is 0 Å². The first-order valence-corrected chi connectivity index (χ1v) is 7.07. The molecule has 19 heavy (non-hydrogen) atoms. The zero-order chi connectivity index (χ0) is 14.0. The van der Waals surface area contributed by atoms with E-state index in [0.29, 0.717) is 17.1 Å². The third kappa shape index (κ3) is 2.92. The van der Waals surface area contributed by atoms with E-state index in [0.717, 1.165) is 24.9 Å². The number of halogens is 1. The largest absolute Gasteiger partial charge is 0.494 e. The number of methoxy groups -OCH3 is 1. The Morgan fingerprint density at radius 3 is 2.68 bits per heavy atom. The van der Waals surface area contributed by atoms with Crippen LogP contribution in [0.15, 0.2) is 18.2 Å². The molecule has 0 aromatic heterocycles. The quantitative estimate of drug-likeness (QED) is 0.841. The van der Waals surface area contributed by atoms with Gasteiger partial charge < -0.3 is 10.1 Å². The first-order chi connectivity index (χ1) is 9.01. The molecule has 0 amide bonds. The van der Waals surface area contributed by atoms with Crippen molar-refractivity contribution in [3.63, 3.8) is 0 Å². The molecule has 0 aliphatic heterocycles. The Hall–Kier alpha value is -1.09. The fraction of sp³-hybridized carbons (Fsp3) is 0.625. The Bertz CT molecular complexity index is 444. The van der Waals surface area contributed by atoms with Crippen molar-refractivity contribution in [1.29, 1.82) is 0 Å². The van der Waals surface area contributed by atoms with Crippen molar-refractivity contribution < 1.29 is 9.13 Å². The highest BCUT2D eigenvalue weighted by molar-refractivity contribution is 5.34. The first-order valence-electron chi connectivity index (χ1n) is 7.07. The van der Waals surface area contributed by atoms with Crippen LogP contribution in [0.25, 0.3) is 0 Å². The maximum atomic E-state index is 14.4. The molecule has 0 bridgehead atoms. The van der Waals surface area contributed by atoms with E-state index in [1.54, 1.807) is 6.07 Å². The summed E-state index contributed by atoms with van der Waals surface area (Å²) in [5, 5.41) is 3.50. The number of benzene rings is 1. The minimum Gasteiger partial charge on any atom is -0.494 e. The molecule has 0 heterocycles. The van der Waals surface area contributed by atoms with E-state index in [-0.39, 0.29) is 11.9 Å². The third-order valence-electron chi connectivity index (χ3n) is 4.15. The van der Waals surface area contributed by atoms with Gasteiger partial charge in [-0.15, -0.1) is 0 Å². The minimum atomic E-state index is -0.221. The van der Waals surface area contributed by atoms with Gasteiger partial charge in [-0.2, -0.15) is 0 Å². The van der Waals surface area contributed by atoms with Gasteiger partial charge in [0, 0.05) is 11.6 Å². The second kappa shape index (κ2) is 5.49. The van der Waals surface area contributed by atoms with Gasteiger partial charge in [-0.25, -0.2) is 4.39 Å². The Labute approximate surface area is 115 Å². The molecule has 106 valence electrons. The molecule has 0 spiro atoms. The molecule has 1 aromatic carbocycles. The van der Waals surface area contributed by atoms with Crippen LogP contribution in [0.5, 0.6) is 5.75 Å². The van der Waals surface area contributed by atoms with Gasteiger partial charge in [0.05, 0.1) is 7.11 Å². The summed E-state index contributed by atoms with van der Waals surface area (Å²) >= 11 is 0. The molecule has 3 heteroatoms. The number of ether oxygens (including phenoxy) is 1. The number of nitrogens with one attached hydrogen (secondary N) is 1. The first kappa shape index (κ1) is 14.3. The molecule has 2 nitrogen and oxygen atoms in total. The van der Waals surface area contributed by atoms with Gasteiger partial charge in [-0.1, -0.05) is 32.9 Å². The zero-order valence-electron chi connectivity index (χ0n) is 12.3. The predicted molar refractivity (Wildman–Crippen MR) is 75.9 cm³/mol. The lowest BCUT2D eigenvalue weighted by Gasteiger charge is -2.22. The Morgan fingerprint density at radius 2 is 2.16 bits per heavy atom. The van der Waals surface area contributed by atoms with E-state index in [9.17, 15) is 4.39 Å². The second-order valence-corrected chi connectivity index (χ2v) is 6.09. The van der Waals surface area contributed by atoms with Gasteiger partial charge >= 0.3 is 0 Å². The summed E-state index contributed by atoms with van der Waals surface area (Å²) in [6.45, 7) is 7.53. The highest BCUT2D eigenvalue weighted by atomic mass is 19.1. The Balaban J connectivity index is 2.28. The van der Waals surface area contributed by atoms with Crippen LogP contribution >= 0.6 is 0 Å². The lowest BCUT2D eigenvalue weighted by atomic mass is 9.96. The molecule has 2 rings (SSSR count). The molecule has 0 radical (unpaired) electrons. The summed E-state index contributed by atoms with van der Waals surface area (Å²) in [4.78, 5) is 0. The van der Waals surface area contributed by atoms with Crippen molar-refractivity contribution in [2.75, 3.05) is 13.7 Å². The minimum absolute atomic E-state index is 0.0880. The van der Waals surface area contributed by atoms with Crippen LogP contribution in [-0.4, -0.2) is 13.7 Å². The van der Waals surface area contributed by atoms with Gasteiger partial charge in [0.2, 0.25) is 0 Å². The molecule has 2 atom stereocenters. The molecule has 2 unspecified atom stereocenters. The molecule has 0 saturated heterocycles. The van der Waals surface area contributed by atoms with Crippen molar-refractivity contribution >= 4 is 0 Å². The van der Waals surface area contributed by atoms with Gasteiger partial charge in [0.25, 0.3) is 0 Å². The maximum Gasteiger partial charge on any atom is 0.169 e. The smallest absolute Gasteiger partial charge is 0.169 e. The molecular weight excluding hydrogens is 241 g/mol. The monoisotopic (exact) mass is 265 g/mol. The molecular formula is C16H24FNO. The summed E-state index contributed by atoms with van der Waals surface area (Å²) in [6.07, 6.45) is 2.19. The van der Waals surface area contributed by atoms with Crippen molar-refractivity contribution in [3.05, 3.63) is 29.6 Å². The fourth-order valence-electron chi connectivity index (χ4n) is 2.77. The molecule has 1 N–H and O–H groups in total. The van der Waals surface area contributed by atoms with Crippen LogP contribution in [0.2, 0.25) is 0 Å². The van der Waals surface area contributed by atoms with E-state index in [4.69, 9.17) is 4.74 Å². The molecule has 1 saturated carbocycles. The van der Waals surface area contributed by atoms with Crippen molar-refractivity contribution in [2.24, 2.45) is 11.3 Å². The van der Waals surface area contributed by atoms with Crippen LogP contribution in [0.4, 0.5) is 4.39 Å². The lowest BCUT2D eigenvalue weighted by Crippen LogP contribution is -2.26. The number of rotatable bonds is 6. The summed E-state index contributed by atoms with van der Waals surface area (Å²) < 4.78 is 19.5. The van der Waals surface area contributed by atoms with E-state index in [2.05, 4.69) is 26.1 Å². The molecule has 1 fully saturated rings. The summed E-state index contributed by atoms with van der Waals surface area (Å²) in [6, 6.07) is 5.51. The van der Waals surface area contributed by atoms with Gasteiger partial charge in [-0.05, 0) is 36.8 Å². The van der Waals surface area contributed by atoms with Crippen LogP contribution in [0.3, 0.4) is 0 Å². The van der Waals surface area contributed by atoms with E-state index in [1.807, 2.05) is 12.1 Å². The topological polar surface area (TPSA) is 21.3 Å². The van der Waals surface area contributed by atoms with E-state index in [1.165, 1.54) is 7.11 Å². The lowest BCUT2D eigenvalue weighted by molar-refractivity contribution is 0.366. The van der Waals surface area contributed by atoms with E-state index >= 15 is 0 Å². The zero-order valence-corrected chi connectivity index (χ0v) is 12.3. The summed E-state index contributed by atoms with van der Waals surface area (Å²) in [7, 11) is 1.51. The maximum absolute atomic E-state index is 14.4. The van der Waals surface area contributed by atoms with E-state index < -0.39 is 0 Å². The summed E-state index contributed by atoms with van der Waals surface area (Å²) in [5.41, 5.74) is 1.05. The average molecular weight is 265 g/mol. The highest BCUT2D eigenvalue weighted by Gasteiger charge is 2.50. The summed E-state index contributed by atoms with van der Waals surface area (Å²) in [5.74, 6) is 0.612. The SMILES string of the molecule is CCCNC(c1cccc(OC)c1F)C1CC1(C)C. The molecule has 1 aliphatic carbocycles. The van der Waals surface area contributed by atoms with Crippen molar-refractivity contribution in [3.8, 4) is 5.75 Å². The highest BCUT2D eigenvalue weighted by Crippen LogP contribution is 2.58. The number of hydrogen-bond acceptors (Lipinski definition) is 2. The van der Waals surface area contributed by atoms with Crippen molar-refractivity contribution in [1.82, 2.24) is 5.32 Å².